The number of aliphatic hydroxyl groups is 2. The Morgan fingerprint density at radius 2 is 1.27 bits per heavy atom. The van der Waals surface area contributed by atoms with Crippen LogP contribution in [-0.4, -0.2) is 65.2 Å². The maximum atomic E-state index is 10.4. The minimum atomic E-state index is -1.30. The minimum absolute atomic E-state index is 0.315. The van der Waals surface area contributed by atoms with Crippen LogP contribution in [0.3, 0.4) is 0 Å². The fourth-order valence-corrected chi connectivity index (χ4v) is 5.37. The Bertz CT molecular complexity index is 514. The molecule has 0 aromatic rings. The van der Waals surface area contributed by atoms with Crippen LogP contribution in [0.15, 0.2) is 0 Å². The van der Waals surface area contributed by atoms with E-state index in [1.807, 2.05) is 0 Å². The molecule has 0 aromatic carbocycles. The third-order valence-electron chi connectivity index (χ3n) is 6.75. The maximum Gasteiger partial charge on any atom is 0.184 e. The van der Waals surface area contributed by atoms with Gasteiger partial charge in [-0.05, 0) is 25.7 Å². The minimum Gasteiger partial charge on any atom is -0.385 e. The van der Waals surface area contributed by atoms with Gasteiger partial charge in [-0.3, -0.25) is 0 Å². The molecule has 5 rings (SSSR count). The normalized spacial score (nSPS) is 47.3. The Labute approximate surface area is 153 Å². The summed E-state index contributed by atoms with van der Waals surface area (Å²) in [5.74, 6) is -1.16. The molecule has 148 valence electrons. The number of rotatable bonds is 1. The zero-order chi connectivity index (χ0) is 17.8. The second-order valence-corrected chi connectivity index (χ2v) is 8.56. The van der Waals surface area contributed by atoms with Crippen molar-refractivity contribution in [2.45, 2.75) is 113 Å². The molecular formula is C19H30O7. The van der Waals surface area contributed by atoms with Crippen molar-refractivity contribution in [1.29, 1.82) is 0 Å². The predicted molar refractivity (Wildman–Crippen MR) is 89.1 cm³/mol. The zero-order valence-electron chi connectivity index (χ0n) is 15.2. The van der Waals surface area contributed by atoms with Gasteiger partial charge in [-0.2, -0.15) is 0 Å². The lowest BCUT2D eigenvalue weighted by Gasteiger charge is -2.40. The Morgan fingerprint density at radius 3 is 1.96 bits per heavy atom. The standard InChI is InChI=1S/C19H30O7/c20-13-15-16(26-19(25-15)9-5-2-6-10-19)14(23-17(13)21)12-11-22-18(24-12)7-3-1-4-8-18/h12-17,20-21H,1-11H2/t12-,13+,14-,15-,16+,17+/m0/s1. The second-order valence-electron chi connectivity index (χ2n) is 8.56. The average Bonchev–Trinajstić information content (AvgIpc) is 3.22. The third-order valence-corrected chi connectivity index (χ3v) is 6.75. The Morgan fingerprint density at radius 1 is 0.654 bits per heavy atom. The first-order valence-electron chi connectivity index (χ1n) is 10.3. The summed E-state index contributed by atoms with van der Waals surface area (Å²) < 4.78 is 30.7. The Hall–Kier alpha value is -0.280. The van der Waals surface area contributed by atoms with E-state index >= 15 is 0 Å². The highest BCUT2D eigenvalue weighted by molar-refractivity contribution is 5.02. The molecule has 5 fully saturated rings. The van der Waals surface area contributed by atoms with Gasteiger partial charge in [0, 0.05) is 25.7 Å². The van der Waals surface area contributed by atoms with Gasteiger partial charge in [0.2, 0.25) is 0 Å². The van der Waals surface area contributed by atoms with Crippen molar-refractivity contribution in [2.75, 3.05) is 6.61 Å². The first kappa shape index (κ1) is 17.8. The highest BCUT2D eigenvalue weighted by Crippen LogP contribution is 2.47. The SMILES string of the molecule is O[C@@H]1[C@@H]2OC3(CCCCC3)O[C@@H]2[C@H]([C@@H]2COC3(CCCCC3)O2)O[C@H]1O. The first-order chi connectivity index (χ1) is 12.6. The zero-order valence-corrected chi connectivity index (χ0v) is 15.2. The van der Waals surface area contributed by atoms with E-state index in [-0.39, 0.29) is 6.10 Å². The predicted octanol–water partition coefficient (Wildman–Crippen LogP) is 1.58. The molecule has 6 atom stereocenters. The molecule has 2 saturated carbocycles. The monoisotopic (exact) mass is 370 g/mol. The fourth-order valence-electron chi connectivity index (χ4n) is 5.37. The fraction of sp³-hybridized carbons (Fsp3) is 1.00. The van der Waals surface area contributed by atoms with Gasteiger partial charge in [0.05, 0.1) is 6.61 Å². The van der Waals surface area contributed by atoms with Crippen molar-refractivity contribution in [3.05, 3.63) is 0 Å². The largest absolute Gasteiger partial charge is 0.385 e. The maximum absolute atomic E-state index is 10.4. The van der Waals surface area contributed by atoms with Gasteiger partial charge in [-0.1, -0.05) is 12.8 Å². The van der Waals surface area contributed by atoms with Crippen molar-refractivity contribution in [3.63, 3.8) is 0 Å². The lowest BCUT2D eigenvalue weighted by atomic mass is 9.93. The van der Waals surface area contributed by atoms with E-state index in [0.29, 0.717) is 6.61 Å². The highest BCUT2D eigenvalue weighted by Gasteiger charge is 2.60. The van der Waals surface area contributed by atoms with E-state index in [4.69, 9.17) is 23.7 Å². The van der Waals surface area contributed by atoms with Gasteiger partial charge in [-0.25, -0.2) is 0 Å². The van der Waals surface area contributed by atoms with Crippen LogP contribution in [0.1, 0.15) is 64.2 Å². The molecule has 0 amide bonds. The molecule has 2 spiro atoms. The summed E-state index contributed by atoms with van der Waals surface area (Å²) >= 11 is 0. The van der Waals surface area contributed by atoms with Crippen LogP contribution in [0.2, 0.25) is 0 Å². The molecule has 0 radical (unpaired) electrons. The lowest BCUT2D eigenvalue weighted by Crippen LogP contribution is -2.60. The average molecular weight is 370 g/mol. The molecule has 3 aliphatic heterocycles. The molecule has 0 unspecified atom stereocenters. The van der Waals surface area contributed by atoms with Crippen LogP contribution < -0.4 is 0 Å². The quantitative estimate of drug-likeness (QED) is 0.725. The smallest absolute Gasteiger partial charge is 0.184 e. The third kappa shape index (κ3) is 2.92. The van der Waals surface area contributed by atoms with Crippen molar-refractivity contribution in [1.82, 2.24) is 0 Å². The van der Waals surface area contributed by atoms with E-state index in [2.05, 4.69) is 0 Å². The van der Waals surface area contributed by atoms with Crippen molar-refractivity contribution in [3.8, 4) is 0 Å². The van der Waals surface area contributed by atoms with Crippen molar-refractivity contribution < 1.29 is 33.9 Å². The number of aliphatic hydroxyl groups excluding tert-OH is 2. The van der Waals surface area contributed by atoms with E-state index < -0.39 is 42.3 Å². The summed E-state index contributed by atoms with van der Waals surface area (Å²) in [5.41, 5.74) is 0. The second kappa shape index (κ2) is 6.65. The Kier molecular flexibility index (Phi) is 4.55. The van der Waals surface area contributed by atoms with E-state index in [1.54, 1.807) is 0 Å². The first-order valence-corrected chi connectivity index (χ1v) is 10.3. The number of hydrogen-bond donors (Lipinski definition) is 2. The van der Waals surface area contributed by atoms with Crippen molar-refractivity contribution in [2.24, 2.45) is 0 Å². The summed E-state index contributed by atoms with van der Waals surface area (Å²) in [4.78, 5) is 0. The van der Waals surface area contributed by atoms with E-state index in [9.17, 15) is 10.2 Å². The molecule has 7 nitrogen and oxygen atoms in total. The van der Waals surface area contributed by atoms with Gasteiger partial charge in [0.25, 0.3) is 0 Å². The number of fused-ring (bicyclic) bond motifs is 1. The molecule has 0 aromatic heterocycles. The number of hydrogen-bond acceptors (Lipinski definition) is 7. The summed E-state index contributed by atoms with van der Waals surface area (Å²) in [5, 5.41) is 20.7. The summed E-state index contributed by atoms with van der Waals surface area (Å²) in [7, 11) is 0. The van der Waals surface area contributed by atoms with Crippen LogP contribution >= 0.6 is 0 Å². The summed E-state index contributed by atoms with van der Waals surface area (Å²) in [6, 6.07) is 0. The van der Waals surface area contributed by atoms with Crippen LogP contribution in [0, 0.1) is 0 Å². The van der Waals surface area contributed by atoms with Crippen LogP contribution in [0.5, 0.6) is 0 Å². The van der Waals surface area contributed by atoms with Crippen molar-refractivity contribution >= 4 is 0 Å². The van der Waals surface area contributed by atoms with Gasteiger partial charge in [-0.15, -0.1) is 0 Å². The number of ether oxygens (including phenoxy) is 5. The highest BCUT2D eigenvalue weighted by atomic mass is 16.8. The molecule has 3 heterocycles. The molecular weight excluding hydrogens is 340 g/mol. The van der Waals surface area contributed by atoms with Gasteiger partial charge in [0.15, 0.2) is 17.9 Å². The summed E-state index contributed by atoms with van der Waals surface area (Å²) in [6.07, 6.45) is 5.90. The Balaban J connectivity index is 1.35. The van der Waals surface area contributed by atoms with Gasteiger partial charge >= 0.3 is 0 Å². The van der Waals surface area contributed by atoms with Crippen LogP contribution in [0.4, 0.5) is 0 Å². The molecule has 3 saturated heterocycles. The van der Waals surface area contributed by atoms with Crippen LogP contribution in [0.25, 0.3) is 0 Å². The molecule has 2 aliphatic carbocycles. The van der Waals surface area contributed by atoms with Gasteiger partial charge < -0.3 is 33.9 Å². The molecule has 0 bridgehead atoms. The van der Waals surface area contributed by atoms with E-state index in [1.165, 1.54) is 12.8 Å². The summed E-state index contributed by atoms with van der Waals surface area (Å²) in [6.45, 7) is 0.424. The molecule has 5 aliphatic rings. The topological polar surface area (TPSA) is 86.6 Å². The van der Waals surface area contributed by atoms with E-state index in [0.717, 1.165) is 51.4 Å². The molecule has 2 N–H and O–H groups in total. The van der Waals surface area contributed by atoms with Gasteiger partial charge in [0.1, 0.15) is 30.5 Å². The lowest BCUT2D eigenvalue weighted by molar-refractivity contribution is -0.284. The molecule has 7 heteroatoms. The molecule has 26 heavy (non-hydrogen) atoms. The van der Waals surface area contributed by atoms with Crippen LogP contribution in [-0.2, 0) is 23.7 Å².